The topological polar surface area (TPSA) is 87.7 Å². The number of hydrogen-bond acceptors (Lipinski definition) is 3. The molecule has 0 saturated heterocycles. The van der Waals surface area contributed by atoms with Gasteiger partial charge in [-0.3, -0.25) is 4.79 Å². The molecule has 1 aliphatic carbocycles. The van der Waals surface area contributed by atoms with Crippen LogP contribution in [0.25, 0.3) is 0 Å². The van der Waals surface area contributed by atoms with Crippen molar-refractivity contribution in [2.45, 2.75) is 44.1 Å². The lowest BCUT2D eigenvalue weighted by Crippen LogP contribution is -2.58. The van der Waals surface area contributed by atoms with Crippen molar-refractivity contribution in [2.75, 3.05) is 0 Å². The summed E-state index contributed by atoms with van der Waals surface area (Å²) < 4.78 is 0.979. The highest BCUT2D eigenvalue weighted by Gasteiger charge is 2.37. The molecule has 4 N–H and O–H groups in total. The van der Waals surface area contributed by atoms with Gasteiger partial charge in [-0.1, -0.05) is 52.5 Å². The molecule has 0 spiro atoms. The Labute approximate surface area is 132 Å². The molecule has 1 fully saturated rings. The van der Waals surface area contributed by atoms with Crippen molar-refractivity contribution in [2.24, 2.45) is 10.9 Å². The molecule has 0 unspecified atom stereocenters. The van der Waals surface area contributed by atoms with Gasteiger partial charge in [-0.2, -0.15) is 0 Å². The number of nitrogens with zero attached hydrogens (tertiary/aromatic N) is 1. The zero-order valence-corrected chi connectivity index (χ0v) is 13.4. The monoisotopic (exact) mass is 353 g/mol. The van der Waals surface area contributed by atoms with Crippen LogP contribution in [0.2, 0.25) is 0 Å². The van der Waals surface area contributed by atoms with E-state index in [1.54, 1.807) is 0 Å². The number of carbonyl (C=O) groups excluding carboxylic acids is 1. The van der Waals surface area contributed by atoms with Gasteiger partial charge in [0.25, 0.3) is 0 Å². The molecular formula is C15H20BrN3O2. The van der Waals surface area contributed by atoms with Crippen molar-refractivity contribution in [3.8, 4) is 0 Å². The first-order valence-corrected chi connectivity index (χ1v) is 7.88. The summed E-state index contributed by atoms with van der Waals surface area (Å²) in [5.74, 6) is -0.00261. The van der Waals surface area contributed by atoms with Crippen LogP contribution in [-0.2, 0) is 11.2 Å². The molecule has 6 heteroatoms. The third-order valence-corrected chi connectivity index (χ3v) is 4.49. The highest BCUT2D eigenvalue weighted by molar-refractivity contribution is 9.10. The van der Waals surface area contributed by atoms with Crippen LogP contribution in [0.4, 0.5) is 0 Å². The average Bonchev–Trinajstić information content (AvgIpc) is 2.49. The number of rotatable bonds is 4. The van der Waals surface area contributed by atoms with Crippen molar-refractivity contribution in [1.29, 1.82) is 0 Å². The van der Waals surface area contributed by atoms with Gasteiger partial charge in [-0.15, -0.1) is 0 Å². The molecule has 114 valence electrons. The fourth-order valence-corrected chi connectivity index (χ4v) is 3.06. The number of halogens is 1. The van der Waals surface area contributed by atoms with Crippen molar-refractivity contribution in [3.63, 3.8) is 0 Å². The molecule has 0 aromatic heterocycles. The van der Waals surface area contributed by atoms with E-state index in [9.17, 15) is 4.79 Å². The molecule has 1 aromatic carbocycles. The Hall–Kier alpha value is -1.56. The standard InChI is InChI=1S/C15H20BrN3O2/c16-12-6-4-11(5-7-12)10-13(20)18-15(14(17)19-21)8-2-1-3-9-15/h4-7,21H,1-3,8-10H2,(H2,17,19)(H,18,20). The van der Waals surface area contributed by atoms with Gasteiger partial charge in [0, 0.05) is 4.47 Å². The Balaban J connectivity index is 2.06. The summed E-state index contributed by atoms with van der Waals surface area (Å²) in [6, 6.07) is 7.62. The number of benzene rings is 1. The molecule has 1 aromatic rings. The third kappa shape index (κ3) is 3.97. The summed E-state index contributed by atoms with van der Waals surface area (Å²) in [4.78, 5) is 12.3. The van der Waals surface area contributed by atoms with E-state index in [2.05, 4.69) is 26.4 Å². The van der Waals surface area contributed by atoms with Gasteiger partial charge in [0.15, 0.2) is 5.84 Å². The molecule has 0 radical (unpaired) electrons. The number of carbonyl (C=O) groups is 1. The van der Waals surface area contributed by atoms with E-state index in [1.807, 2.05) is 24.3 Å². The summed E-state index contributed by atoms with van der Waals surface area (Å²) in [6.07, 6.45) is 4.77. The molecule has 5 nitrogen and oxygen atoms in total. The van der Waals surface area contributed by atoms with Crippen LogP contribution in [0.1, 0.15) is 37.7 Å². The molecule has 0 bridgehead atoms. The normalized spacial score (nSPS) is 18.2. The van der Waals surface area contributed by atoms with Crippen molar-refractivity contribution in [1.82, 2.24) is 5.32 Å². The molecule has 0 heterocycles. The number of nitrogens with one attached hydrogen (secondary N) is 1. The molecule has 2 rings (SSSR count). The van der Waals surface area contributed by atoms with Crippen LogP contribution in [0.3, 0.4) is 0 Å². The maximum atomic E-state index is 12.3. The second-order valence-electron chi connectivity index (χ2n) is 5.48. The fraction of sp³-hybridized carbons (Fsp3) is 0.467. The first-order valence-electron chi connectivity index (χ1n) is 7.09. The zero-order valence-electron chi connectivity index (χ0n) is 11.8. The predicted molar refractivity (Wildman–Crippen MR) is 85.2 cm³/mol. The Morgan fingerprint density at radius 1 is 1.29 bits per heavy atom. The zero-order chi connectivity index (χ0) is 15.3. The summed E-state index contributed by atoms with van der Waals surface area (Å²) in [5.41, 5.74) is 6.06. The Kier molecular flexibility index (Phi) is 5.22. The minimum atomic E-state index is -0.695. The number of oxime groups is 1. The fourth-order valence-electron chi connectivity index (χ4n) is 2.79. The van der Waals surface area contributed by atoms with Gasteiger partial charge in [0.05, 0.1) is 6.42 Å². The molecular weight excluding hydrogens is 334 g/mol. The molecule has 1 amide bonds. The van der Waals surface area contributed by atoms with Crippen molar-refractivity contribution < 1.29 is 10.0 Å². The van der Waals surface area contributed by atoms with Crippen molar-refractivity contribution >= 4 is 27.7 Å². The predicted octanol–water partition coefficient (Wildman–Crippen LogP) is 2.56. The second kappa shape index (κ2) is 6.93. The first kappa shape index (κ1) is 15.8. The summed E-state index contributed by atoms with van der Waals surface area (Å²) in [5, 5.41) is 15.1. The maximum Gasteiger partial charge on any atom is 0.225 e. The average molecular weight is 354 g/mol. The lowest BCUT2D eigenvalue weighted by atomic mass is 9.80. The van der Waals surface area contributed by atoms with E-state index >= 15 is 0 Å². The van der Waals surface area contributed by atoms with Gasteiger partial charge in [0.1, 0.15) is 5.54 Å². The van der Waals surface area contributed by atoms with Crippen LogP contribution in [-0.4, -0.2) is 22.5 Å². The molecule has 21 heavy (non-hydrogen) atoms. The van der Waals surface area contributed by atoms with Crippen LogP contribution in [0.15, 0.2) is 33.9 Å². The Morgan fingerprint density at radius 3 is 2.48 bits per heavy atom. The minimum Gasteiger partial charge on any atom is -0.409 e. The van der Waals surface area contributed by atoms with Crippen LogP contribution in [0, 0.1) is 0 Å². The molecule has 0 atom stereocenters. The Bertz CT molecular complexity index is 522. The summed E-state index contributed by atoms with van der Waals surface area (Å²) in [7, 11) is 0. The van der Waals surface area contributed by atoms with Gasteiger partial charge in [-0.25, -0.2) is 0 Å². The second-order valence-corrected chi connectivity index (χ2v) is 6.40. The minimum absolute atomic E-state index is 0.103. The van der Waals surface area contributed by atoms with Crippen LogP contribution < -0.4 is 11.1 Å². The van der Waals surface area contributed by atoms with Crippen LogP contribution in [0.5, 0.6) is 0 Å². The van der Waals surface area contributed by atoms with E-state index in [0.29, 0.717) is 0 Å². The highest BCUT2D eigenvalue weighted by atomic mass is 79.9. The van der Waals surface area contributed by atoms with E-state index in [0.717, 1.165) is 42.1 Å². The molecule has 1 saturated carbocycles. The lowest BCUT2D eigenvalue weighted by molar-refractivity contribution is -0.122. The van der Waals surface area contributed by atoms with Gasteiger partial charge >= 0.3 is 0 Å². The quantitative estimate of drug-likeness (QED) is 0.336. The number of hydrogen-bond donors (Lipinski definition) is 3. The summed E-state index contributed by atoms with van der Waals surface area (Å²) in [6.45, 7) is 0. The Morgan fingerprint density at radius 2 is 1.90 bits per heavy atom. The SMILES string of the molecule is N/C(=N/O)C1(NC(=O)Cc2ccc(Br)cc2)CCCCC1. The first-order chi connectivity index (χ1) is 10.1. The highest BCUT2D eigenvalue weighted by Crippen LogP contribution is 2.28. The van der Waals surface area contributed by atoms with Gasteiger partial charge in [-0.05, 0) is 30.5 Å². The smallest absolute Gasteiger partial charge is 0.225 e. The number of nitrogens with two attached hydrogens (primary N) is 1. The van der Waals surface area contributed by atoms with Gasteiger partial charge < -0.3 is 16.3 Å². The van der Waals surface area contributed by atoms with E-state index in [4.69, 9.17) is 10.9 Å². The van der Waals surface area contributed by atoms with Gasteiger partial charge in [0.2, 0.25) is 5.91 Å². The maximum absolute atomic E-state index is 12.3. The largest absolute Gasteiger partial charge is 0.409 e. The molecule has 0 aliphatic heterocycles. The summed E-state index contributed by atoms with van der Waals surface area (Å²) >= 11 is 3.37. The molecule has 1 aliphatic rings. The van der Waals surface area contributed by atoms with Crippen molar-refractivity contribution in [3.05, 3.63) is 34.3 Å². The van der Waals surface area contributed by atoms with E-state index < -0.39 is 5.54 Å². The number of amidine groups is 1. The lowest BCUT2D eigenvalue weighted by Gasteiger charge is -2.36. The third-order valence-electron chi connectivity index (χ3n) is 3.96. The number of amides is 1. The van der Waals surface area contributed by atoms with E-state index in [-0.39, 0.29) is 18.2 Å². The van der Waals surface area contributed by atoms with E-state index in [1.165, 1.54) is 0 Å². The van der Waals surface area contributed by atoms with Crippen LogP contribution >= 0.6 is 15.9 Å².